The zero-order valence-corrected chi connectivity index (χ0v) is 13.4. The molecule has 2 aromatic carbocycles. The van der Waals surface area contributed by atoms with Crippen LogP contribution in [0.5, 0.6) is 5.75 Å². The van der Waals surface area contributed by atoms with Gasteiger partial charge in [-0.15, -0.1) is 0 Å². The van der Waals surface area contributed by atoms with Crippen molar-refractivity contribution in [1.82, 2.24) is 4.72 Å². The fourth-order valence-corrected chi connectivity index (χ4v) is 2.96. The second-order valence-electron chi connectivity index (χ2n) is 4.43. The number of nitro groups is 1. The van der Waals surface area contributed by atoms with E-state index in [9.17, 15) is 18.5 Å². The summed E-state index contributed by atoms with van der Waals surface area (Å²) in [5, 5.41) is 10.7. The standard InChI is InChI=1S/C14H13ClN2O5S/c15-13-7-6-12(10-14(13)17(18)19)23(20,21)16-8-9-22-11-4-2-1-3-5-11/h1-7,10,16H,8-9H2. The number of nitro benzene ring substituents is 1. The van der Waals surface area contributed by atoms with Crippen LogP contribution < -0.4 is 9.46 Å². The molecule has 1 N–H and O–H groups in total. The number of ether oxygens (including phenoxy) is 1. The average Bonchev–Trinajstić information content (AvgIpc) is 2.52. The lowest BCUT2D eigenvalue weighted by atomic mass is 10.3. The van der Waals surface area contributed by atoms with Crippen molar-refractivity contribution >= 4 is 27.3 Å². The summed E-state index contributed by atoms with van der Waals surface area (Å²) in [4.78, 5) is 9.84. The molecule has 0 fully saturated rings. The molecule has 0 saturated heterocycles. The van der Waals surface area contributed by atoms with Crippen molar-refractivity contribution in [2.24, 2.45) is 0 Å². The van der Waals surface area contributed by atoms with Crippen LogP contribution in [0.4, 0.5) is 5.69 Å². The first-order valence-corrected chi connectivity index (χ1v) is 8.38. The predicted octanol–water partition coefficient (Wildman–Crippen LogP) is 2.61. The third-order valence-electron chi connectivity index (χ3n) is 2.83. The van der Waals surface area contributed by atoms with Crippen molar-refractivity contribution in [2.75, 3.05) is 13.2 Å². The van der Waals surface area contributed by atoms with Gasteiger partial charge in [0.05, 0.1) is 9.82 Å². The van der Waals surface area contributed by atoms with Crippen LogP contribution in [-0.2, 0) is 10.0 Å². The molecule has 2 rings (SSSR count). The second-order valence-corrected chi connectivity index (χ2v) is 6.60. The Morgan fingerprint density at radius 2 is 1.87 bits per heavy atom. The fraction of sp³-hybridized carbons (Fsp3) is 0.143. The zero-order chi connectivity index (χ0) is 16.9. The highest BCUT2D eigenvalue weighted by Gasteiger charge is 2.20. The van der Waals surface area contributed by atoms with E-state index in [4.69, 9.17) is 16.3 Å². The van der Waals surface area contributed by atoms with Crippen LogP contribution in [0.2, 0.25) is 5.02 Å². The molecule has 0 amide bonds. The lowest BCUT2D eigenvalue weighted by molar-refractivity contribution is -0.384. The predicted molar refractivity (Wildman–Crippen MR) is 85.2 cm³/mol. The Hall–Kier alpha value is -2.16. The minimum atomic E-state index is -3.88. The summed E-state index contributed by atoms with van der Waals surface area (Å²) >= 11 is 5.66. The normalized spacial score (nSPS) is 11.2. The first-order valence-electron chi connectivity index (χ1n) is 6.51. The molecule has 7 nitrogen and oxygen atoms in total. The molecule has 9 heteroatoms. The molecule has 0 saturated carbocycles. The molecule has 0 aliphatic heterocycles. The number of nitrogens with one attached hydrogen (secondary N) is 1. The van der Waals surface area contributed by atoms with Gasteiger partial charge >= 0.3 is 0 Å². The van der Waals surface area contributed by atoms with Gasteiger partial charge in [0.2, 0.25) is 10.0 Å². The lowest BCUT2D eigenvalue weighted by Gasteiger charge is -2.08. The number of hydrogen-bond acceptors (Lipinski definition) is 5. The largest absolute Gasteiger partial charge is 0.492 e. The zero-order valence-electron chi connectivity index (χ0n) is 11.8. The van der Waals surface area contributed by atoms with E-state index < -0.39 is 20.6 Å². The number of hydrogen-bond donors (Lipinski definition) is 1. The van der Waals surface area contributed by atoms with Gasteiger partial charge in [0, 0.05) is 12.6 Å². The van der Waals surface area contributed by atoms with Crippen LogP contribution in [0.15, 0.2) is 53.4 Å². The van der Waals surface area contributed by atoms with E-state index in [0.717, 1.165) is 6.07 Å². The topological polar surface area (TPSA) is 98.5 Å². The van der Waals surface area contributed by atoms with Crippen LogP contribution in [0.3, 0.4) is 0 Å². The van der Waals surface area contributed by atoms with Gasteiger partial charge in [-0.1, -0.05) is 29.8 Å². The number of sulfonamides is 1. The average molecular weight is 357 g/mol. The van der Waals surface area contributed by atoms with Crippen LogP contribution >= 0.6 is 11.6 Å². The van der Waals surface area contributed by atoms with Crippen LogP contribution in [0.1, 0.15) is 0 Å². The number of benzene rings is 2. The number of nitrogens with zero attached hydrogens (tertiary/aromatic N) is 1. The number of rotatable bonds is 7. The smallest absolute Gasteiger partial charge is 0.289 e. The quantitative estimate of drug-likeness (QED) is 0.467. The Morgan fingerprint density at radius 3 is 2.52 bits per heavy atom. The lowest BCUT2D eigenvalue weighted by Crippen LogP contribution is -2.28. The summed E-state index contributed by atoms with van der Waals surface area (Å²) in [5.41, 5.74) is -0.463. The highest BCUT2D eigenvalue weighted by molar-refractivity contribution is 7.89. The molecule has 0 aromatic heterocycles. The summed E-state index contributed by atoms with van der Waals surface area (Å²) in [7, 11) is -3.88. The molecule has 2 aromatic rings. The van der Waals surface area contributed by atoms with Gasteiger partial charge in [0.25, 0.3) is 5.69 Å². The first-order chi connectivity index (χ1) is 10.9. The van der Waals surface area contributed by atoms with Crippen molar-refractivity contribution in [2.45, 2.75) is 4.90 Å². The summed E-state index contributed by atoms with van der Waals surface area (Å²) in [6, 6.07) is 12.2. The molecule has 0 aliphatic carbocycles. The van der Waals surface area contributed by atoms with Crippen molar-refractivity contribution < 1.29 is 18.1 Å². The Labute approximate surface area is 138 Å². The van der Waals surface area contributed by atoms with Gasteiger partial charge in [-0.05, 0) is 24.3 Å². The SMILES string of the molecule is O=[N+]([O-])c1cc(S(=O)(=O)NCCOc2ccccc2)ccc1Cl. The van der Waals surface area contributed by atoms with E-state index in [1.165, 1.54) is 12.1 Å². The van der Waals surface area contributed by atoms with Gasteiger partial charge in [0.1, 0.15) is 17.4 Å². The molecule has 0 heterocycles. The van der Waals surface area contributed by atoms with Crippen molar-refractivity contribution in [3.05, 3.63) is 63.7 Å². The number of halogens is 1. The minimum absolute atomic E-state index is 0.0215. The summed E-state index contributed by atoms with van der Waals surface area (Å²) in [6.45, 7) is 0.145. The fourth-order valence-electron chi connectivity index (χ4n) is 1.74. The van der Waals surface area contributed by atoms with Gasteiger partial charge in [-0.25, -0.2) is 13.1 Å². The Kier molecular flexibility index (Phi) is 5.54. The third-order valence-corrected chi connectivity index (χ3v) is 4.61. The molecular formula is C14H13ClN2O5S. The molecule has 0 radical (unpaired) electrons. The van der Waals surface area contributed by atoms with Crippen LogP contribution in [0, 0.1) is 10.1 Å². The molecule has 0 spiro atoms. The molecule has 0 atom stereocenters. The van der Waals surface area contributed by atoms with Gasteiger partial charge in [-0.3, -0.25) is 10.1 Å². The molecule has 23 heavy (non-hydrogen) atoms. The molecule has 0 unspecified atom stereocenters. The van der Waals surface area contributed by atoms with E-state index in [1.54, 1.807) is 24.3 Å². The monoisotopic (exact) mass is 356 g/mol. The third kappa shape index (κ3) is 4.65. The highest BCUT2D eigenvalue weighted by Crippen LogP contribution is 2.26. The molecule has 122 valence electrons. The highest BCUT2D eigenvalue weighted by atomic mass is 35.5. The van der Waals surface area contributed by atoms with E-state index in [0.29, 0.717) is 5.75 Å². The van der Waals surface area contributed by atoms with E-state index in [-0.39, 0.29) is 23.1 Å². The Bertz CT molecular complexity index is 796. The Balaban J connectivity index is 1.99. The molecular weight excluding hydrogens is 344 g/mol. The van der Waals surface area contributed by atoms with Crippen LogP contribution in [-0.4, -0.2) is 26.5 Å². The summed E-state index contributed by atoms with van der Waals surface area (Å²) < 4.78 is 31.9. The van der Waals surface area contributed by atoms with Crippen molar-refractivity contribution in [3.63, 3.8) is 0 Å². The van der Waals surface area contributed by atoms with Gasteiger partial charge < -0.3 is 4.74 Å². The maximum absolute atomic E-state index is 12.1. The molecule has 0 aliphatic rings. The van der Waals surface area contributed by atoms with E-state index in [2.05, 4.69) is 4.72 Å². The van der Waals surface area contributed by atoms with Gasteiger partial charge in [-0.2, -0.15) is 0 Å². The summed E-state index contributed by atoms with van der Waals surface area (Å²) in [6.07, 6.45) is 0. The molecule has 0 bridgehead atoms. The second kappa shape index (κ2) is 7.40. The van der Waals surface area contributed by atoms with E-state index in [1.807, 2.05) is 6.07 Å². The minimum Gasteiger partial charge on any atom is -0.492 e. The van der Waals surface area contributed by atoms with Crippen molar-refractivity contribution in [3.8, 4) is 5.75 Å². The Morgan fingerprint density at radius 1 is 1.17 bits per heavy atom. The summed E-state index contributed by atoms with van der Waals surface area (Å²) in [5.74, 6) is 0.619. The maximum atomic E-state index is 12.1. The van der Waals surface area contributed by atoms with Crippen LogP contribution in [0.25, 0.3) is 0 Å². The maximum Gasteiger partial charge on any atom is 0.289 e. The van der Waals surface area contributed by atoms with E-state index >= 15 is 0 Å². The first kappa shape index (κ1) is 17.2. The van der Waals surface area contributed by atoms with Gasteiger partial charge in [0.15, 0.2) is 0 Å². The van der Waals surface area contributed by atoms with Crippen molar-refractivity contribution in [1.29, 1.82) is 0 Å². The number of para-hydroxylation sites is 1.